The number of ketones is 1. The maximum Gasteiger partial charge on any atom is 0.415 e. The summed E-state index contributed by atoms with van der Waals surface area (Å²) in [5.74, 6) is -2.88. The predicted molar refractivity (Wildman–Crippen MR) is 147 cm³/mol. The average Bonchev–Trinajstić information content (AvgIpc) is 3.68. The first-order valence-corrected chi connectivity index (χ1v) is 14.3. The SMILES string of the molecule is CN(C(=O)Oc1ccc(F)cc1)[C@]1(C(=O)C2CCN(C(=O)C3(C(F)(F)F)CC3)CC2)CNC[C@H]1c1ccc(Cl)c(Cl)c1. The van der Waals surface area contributed by atoms with Crippen LogP contribution in [0, 0.1) is 17.2 Å². The number of ether oxygens (including phenoxy) is 1. The molecule has 0 bridgehead atoms. The number of likely N-dealkylation sites (tertiary alicyclic amines) is 1. The number of halogens is 6. The molecule has 2 amide bonds. The van der Waals surface area contributed by atoms with Gasteiger partial charge in [-0.2, -0.15) is 13.2 Å². The molecule has 13 heteroatoms. The summed E-state index contributed by atoms with van der Waals surface area (Å²) in [6.45, 7) is 0.376. The summed E-state index contributed by atoms with van der Waals surface area (Å²) in [6, 6.07) is 9.81. The number of rotatable bonds is 6. The van der Waals surface area contributed by atoms with Crippen LogP contribution in [0.5, 0.6) is 5.75 Å². The number of nitrogens with one attached hydrogen (secondary N) is 1. The van der Waals surface area contributed by atoms with Crippen LogP contribution in [-0.2, 0) is 9.59 Å². The summed E-state index contributed by atoms with van der Waals surface area (Å²) >= 11 is 12.4. The van der Waals surface area contributed by atoms with Crippen molar-refractivity contribution >= 4 is 41.0 Å². The summed E-state index contributed by atoms with van der Waals surface area (Å²) < 4.78 is 59.6. The second kappa shape index (κ2) is 11.3. The van der Waals surface area contributed by atoms with Crippen molar-refractivity contribution in [2.24, 2.45) is 11.3 Å². The Bertz CT molecular complexity index is 1380. The van der Waals surface area contributed by atoms with Crippen molar-refractivity contribution in [3.8, 4) is 5.75 Å². The van der Waals surface area contributed by atoms with E-state index in [1.54, 1.807) is 18.2 Å². The second-order valence-corrected chi connectivity index (χ2v) is 12.0. The monoisotopic (exact) mass is 629 g/mol. The van der Waals surface area contributed by atoms with Gasteiger partial charge in [0, 0.05) is 45.1 Å². The Morgan fingerprint density at radius 3 is 2.24 bits per heavy atom. The minimum atomic E-state index is -4.61. The minimum absolute atomic E-state index is 0.00222. The molecule has 42 heavy (non-hydrogen) atoms. The first-order chi connectivity index (χ1) is 19.8. The molecule has 2 saturated heterocycles. The maximum absolute atomic E-state index is 14.5. The van der Waals surface area contributed by atoms with E-state index in [-0.39, 0.29) is 61.9 Å². The molecule has 1 saturated carbocycles. The molecule has 2 aromatic carbocycles. The second-order valence-electron chi connectivity index (χ2n) is 11.2. The van der Waals surface area contributed by atoms with Crippen LogP contribution in [0.1, 0.15) is 37.2 Å². The van der Waals surface area contributed by atoms with Gasteiger partial charge in [0.15, 0.2) is 5.78 Å². The lowest BCUT2D eigenvalue weighted by Crippen LogP contribution is -2.62. The smallest absolute Gasteiger partial charge is 0.410 e. The number of carbonyl (C=O) groups is 3. The number of nitrogens with zero attached hydrogens (tertiary/aromatic N) is 2. The predicted octanol–water partition coefficient (Wildman–Crippen LogP) is 5.84. The molecular weight excluding hydrogens is 601 g/mol. The van der Waals surface area contributed by atoms with Crippen LogP contribution in [0.25, 0.3) is 0 Å². The Morgan fingerprint density at radius 1 is 1.02 bits per heavy atom. The number of benzene rings is 2. The lowest BCUT2D eigenvalue weighted by molar-refractivity contribution is -0.199. The molecule has 0 spiro atoms. The number of hydrogen-bond acceptors (Lipinski definition) is 5. The lowest BCUT2D eigenvalue weighted by atomic mass is 9.72. The first kappa shape index (κ1) is 30.6. The average molecular weight is 630 g/mol. The quantitative estimate of drug-likeness (QED) is 0.406. The molecule has 5 rings (SSSR count). The number of piperidine rings is 1. The van der Waals surface area contributed by atoms with Crippen LogP contribution >= 0.6 is 23.2 Å². The van der Waals surface area contributed by atoms with Crippen molar-refractivity contribution in [3.63, 3.8) is 0 Å². The Morgan fingerprint density at radius 2 is 1.67 bits per heavy atom. The van der Waals surface area contributed by atoms with E-state index in [4.69, 9.17) is 27.9 Å². The van der Waals surface area contributed by atoms with E-state index in [0.717, 1.165) is 12.1 Å². The number of amides is 2. The zero-order chi connectivity index (χ0) is 30.4. The summed E-state index contributed by atoms with van der Waals surface area (Å²) in [5, 5.41) is 3.79. The van der Waals surface area contributed by atoms with E-state index < -0.39 is 46.8 Å². The van der Waals surface area contributed by atoms with Gasteiger partial charge in [0.1, 0.15) is 22.5 Å². The van der Waals surface area contributed by atoms with Gasteiger partial charge in [0.2, 0.25) is 5.91 Å². The van der Waals surface area contributed by atoms with Crippen molar-refractivity contribution in [3.05, 3.63) is 63.9 Å². The van der Waals surface area contributed by atoms with Crippen molar-refractivity contribution in [1.29, 1.82) is 0 Å². The molecule has 3 fully saturated rings. The van der Waals surface area contributed by atoms with Crippen LogP contribution in [0.15, 0.2) is 42.5 Å². The molecule has 226 valence electrons. The van der Waals surface area contributed by atoms with E-state index in [9.17, 15) is 31.9 Å². The zero-order valence-corrected chi connectivity index (χ0v) is 24.2. The van der Waals surface area contributed by atoms with E-state index in [2.05, 4.69) is 5.32 Å². The highest BCUT2D eigenvalue weighted by Gasteiger charge is 2.69. The third-order valence-corrected chi connectivity index (χ3v) is 9.58. The van der Waals surface area contributed by atoms with Gasteiger partial charge < -0.3 is 15.0 Å². The van der Waals surface area contributed by atoms with E-state index in [0.29, 0.717) is 17.1 Å². The largest absolute Gasteiger partial charge is 0.415 e. The topological polar surface area (TPSA) is 79.0 Å². The molecule has 3 aliphatic rings. The molecule has 2 aliphatic heterocycles. The van der Waals surface area contributed by atoms with Crippen LogP contribution in [-0.4, -0.2) is 72.5 Å². The molecular formula is C29H29Cl2F4N3O4. The molecule has 7 nitrogen and oxygen atoms in total. The number of alkyl halides is 3. The van der Waals surface area contributed by atoms with Crippen LogP contribution in [0.3, 0.4) is 0 Å². The summed E-state index contributed by atoms with van der Waals surface area (Å²) in [7, 11) is 1.44. The van der Waals surface area contributed by atoms with Gasteiger partial charge in [-0.3, -0.25) is 14.5 Å². The maximum atomic E-state index is 14.5. The van der Waals surface area contributed by atoms with Crippen LogP contribution in [0.4, 0.5) is 22.4 Å². The van der Waals surface area contributed by atoms with Crippen molar-refractivity contribution < 1.29 is 36.7 Å². The molecule has 2 atom stereocenters. The Labute approximate surface area is 250 Å². The van der Waals surface area contributed by atoms with Gasteiger partial charge in [-0.15, -0.1) is 0 Å². The molecule has 0 radical (unpaired) electrons. The van der Waals surface area contributed by atoms with E-state index in [1.807, 2.05) is 0 Å². The van der Waals surface area contributed by atoms with Gasteiger partial charge in [-0.05, 0) is 67.6 Å². The Kier molecular flexibility index (Phi) is 8.23. The van der Waals surface area contributed by atoms with Gasteiger partial charge in [-0.1, -0.05) is 29.3 Å². The highest BCUT2D eigenvalue weighted by Crippen LogP contribution is 2.59. The first-order valence-electron chi connectivity index (χ1n) is 13.6. The van der Waals surface area contributed by atoms with Gasteiger partial charge in [0.05, 0.1) is 10.0 Å². The molecule has 2 aromatic rings. The summed E-state index contributed by atoms with van der Waals surface area (Å²) in [6.07, 6.45) is -5.62. The zero-order valence-electron chi connectivity index (χ0n) is 22.6. The molecule has 1 N–H and O–H groups in total. The van der Waals surface area contributed by atoms with Crippen LogP contribution < -0.4 is 10.1 Å². The third kappa shape index (κ3) is 5.35. The third-order valence-electron chi connectivity index (χ3n) is 8.84. The molecule has 0 aromatic heterocycles. The normalized spacial score (nSPS) is 23.9. The molecule has 0 unspecified atom stereocenters. The number of Topliss-reactive ketones (excluding diaryl/α,β-unsaturated/α-hetero) is 1. The highest BCUT2D eigenvalue weighted by atomic mass is 35.5. The van der Waals surface area contributed by atoms with Crippen LogP contribution in [0.2, 0.25) is 10.0 Å². The minimum Gasteiger partial charge on any atom is -0.410 e. The molecule has 1 aliphatic carbocycles. The fraction of sp³-hybridized carbons (Fsp3) is 0.483. The lowest BCUT2D eigenvalue weighted by Gasteiger charge is -2.44. The standard InChI is InChI=1S/C29H29Cl2F4N3O4/c1-37(26(41)42-20-5-3-19(32)4-6-20)28(16-36-15-21(28)18-2-7-22(30)23(31)14-18)24(39)17-8-12-38(13-9-17)25(40)27(10-11-27)29(33,34)35/h2-7,14,17,21,36H,8-13,15-16H2,1H3/t21-,28+/m0/s1. The van der Waals surface area contributed by atoms with Crippen molar-refractivity contribution in [2.75, 3.05) is 33.2 Å². The van der Waals surface area contributed by atoms with Gasteiger partial charge in [0.25, 0.3) is 0 Å². The summed E-state index contributed by atoms with van der Waals surface area (Å²) in [5.41, 5.74) is -3.13. The van der Waals surface area contributed by atoms with Gasteiger partial charge in [-0.25, -0.2) is 9.18 Å². The van der Waals surface area contributed by atoms with Crippen molar-refractivity contribution in [2.45, 2.75) is 43.3 Å². The number of carbonyl (C=O) groups excluding carboxylic acids is 3. The van der Waals surface area contributed by atoms with E-state index in [1.165, 1.54) is 29.0 Å². The fourth-order valence-electron chi connectivity index (χ4n) is 6.18. The van der Waals surface area contributed by atoms with E-state index >= 15 is 0 Å². The van der Waals surface area contributed by atoms with Crippen molar-refractivity contribution in [1.82, 2.24) is 15.1 Å². The molecule has 2 heterocycles. The Hall–Kier alpha value is -2.89. The number of hydrogen-bond donors (Lipinski definition) is 1. The highest BCUT2D eigenvalue weighted by molar-refractivity contribution is 6.42. The fourth-order valence-corrected chi connectivity index (χ4v) is 6.48. The van der Waals surface area contributed by atoms with Gasteiger partial charge >= 0.3 is 12.3 Å². The Balaban J connectivity index is 1.42. The number of likely N-dealkylation sites (N-methyl/N-ethyl adjacent to an activating group) is 1. The summed E-state index contributed by atoms with van der Waals surface area (Å²) in [4.78, 5) is 43.2.